The fourth-order valence-electron chi connectivity index (χ4n) is 4.43. The van der Waals surface area contributed by atoms with Crippen LogP contribution in [0.15, 0.2) is 42.7 Å². The van der Waals surface area contributed by atoms with E-state index in [1.807, 2.05) is 43.1 Å². The van der Waals surface area contributed by atoms with Crippen LogP contribution in [0.4, 0.5) is 5.69 Å². The molecule has 7 nitrogen and oxygen atoms in total. The first-order chi connectivity index (χ1) is 15.4. The van der Waals surface area contributed by atoms with Crippen molar-refractivity contribution in [3.63, 3.8) is 0 Å². The molecule has 1 saturated heterocycles. The maximum Gasteiger partial charge on any atom is 0.255 e. The molecular weight excluding hydrogens is 402 g/mol. The number of aromatic nitrogens is 3. The van der Waals surface area contributed by atoms with Gasteiger partial charge in [-0.2, -0.15) is 5.10 Å². The third-order valence-corrected chi connectivity index (χ3v) is 6.27. The van der Waals surface area contributed by atoms with Gasteiger partial charge in [-0.05, 0) is 64.8 Å². The smallest absolute Gasteiger partial charge is 0.255 e. The molecule has 3 aromatic rings. The van der Waals surface area contributed by atoms with Gasteiger partial charge in [0.05, 0.1) is 23.1 Å². The Kier molecular flexibility index (Phi) is 6.17. The Bertz CT molecular complexity index is 1120. The molecule has 32 heavy (non-hydrogen) atoms. The van der Waals surface area contributed by atoms with Crippen molar-refractivity contribution in [2.45, 2.75) is 47.1 Å². The van der Waals surface area contributed by atoms with Crippen molar-refractivity contribution in [3.8, 4) is 5.69 Å². The van der Waals surface area contributed by atoms with E-state index in [0.29, 0.717) is 31.5 Å². The SMILES string of the molecule is CCn1cc(NC(=O)C2CCN(C(=O)c3cc(C)ccc3-n3c(C)ccc3C)CC2)cn1. The maximum atomic E-state index is 13.5. The Hall–Kier alpha value is -3.35. The standard InChI is InChI=1S/C25H31N5O2/c1-5-29-16-21(15-26-29)27-24(31)20-10-12-28(13-11-20)25(32)22-14-17(2)6-9-23(22)30-18(3)7-8-19(30)4/h6-9,14-16,20H,5,10-13H2,1-4H3,(H,27,31). The maximum absolute atomic E-state index is 13.5. The van der Waals surface area contributed by atoms with Gasteiger partial charge in [-0.15, -0.1) is 0 Å². The van der Waals surface area contributed by atoms with Crippen LogP contribution in [0.2, 0.25) is 0 Å². The summed E-state index contributed by atoms with van der Waals surface area (Å²) in [5, 5.41) is 7.16. The van der Waals surface area contributed by atoms with Gasteiger partial charge in [-0.25, -0.2) is 0 Å². The molecule has 7 heteroatoms. The molecular formula is C25H31N5O2. The molecule has 1 aliphatic heterocycles. The van der Waals surface area contributed by atoms with Crippen LogP contribution < -0.4 is 5.32 Å². The molecule has 0 aliphatic carbocycles. The van der Waals surface area contributed by atoms with Crippen LogP contribution >= 0.6 is 0 Å². The Labute approximate surface area is 189 Å². The Morgan fingerprint density at radius 3 is 2.38 bits per heavy atom. The summed E-state index contributed by atoms with van der Waals surface area (Å²) in [7, 11) is 0. The van der Waals surface area contributed by atoms with Gasteiger partial charge in [-0.3, -0.25) is 14.3 Å². The summed E-state index contributed by atoms with van der Waals surface area (Å²) in [6, 6.07) is 10.2. The van der Waals surface area contributed by atoms with Crippen molar-refractivity contribution in [2.75, 3.05) is 18.4 Å². The molecule has 0 unspecified atom stereocenters. The Morgan fingerprint density at radius 1 is 1.06 bits per heavy atom. The summed E-state index contributed by atoms with van der Waals surface area (Å²) in [5.74, 6) is -0.0724. The van der Waals surface area contributed by atoms with Gasteiger partial charge < -0.3 is 14.8 Å². The highest BCUT2D eigenvalue weighted by molar-refractivity contribution is 5.98. The monoisotopic (exact) mass is 433 g/mol. The first-order valence-corrected chi connectivity index (χ1v) is 11.3. The predicted molar refractivity (Wildman–Crippen MR) is 125 cm³/mol. The second kappa shape index (κ2) is 9.02. The van der Waals surface area contributed by atoms with E-state index in [1.165, 1.54) is 0 Å². The summed E-state index contributed by atoms with van der Waals surface area (Å²) in [5.41, 5.74) is 5.60. The molecule has 1 aromatic carbocycles. The Morgan fingerprint density at radius 2 is 1.75 bits per heavy atom. The van der Waals surface area contributed by atoms with Crippen molar-refractivity contribution in [1.82, 2.24) is 19.2 Å². The molecule has 4 rings (SSSR count). The van der Waals surface area contributed by atoms with Gasteiger partial charge in [0, 0.05) is 43.1 Å². The lowest BCUT2D eigenvalue weighted by molar-refractivity contribution is -0.121. The predicted octanol–water partition coefficient (Wildman–Crippen LogP) is 4.11. The second-order valence-electron chi connectivity index (χ2n) is 8.61. The van der Waals surface area contributed by atoms with Crippen molar-refractivity contribution >= 4 is 17.5 Å². The van der Waals surface area contributed by atoms with E-state index in [9.17, 15) is 9.59 Å². The topological polar surface area (TPSA) is 72.2 Å². The normalized spacial score (nSPS) is 14.6. The zero-order valence-electron chi connectivity index (χ0n) is 19.3. The van der Waals surface area contributed by atoms with Crippen molar-refractivity contribution < 1.29 is 9.59 Å². The summed E-state index contributed by atoms with van der Waals surface area (Å²) in [6.45, 7) is 10.0. The number of aryl methyl sites for hydroxylation is 4. The molecule has 168 valence electrons. The number of carbonyl (C=O) groups is 2. The highest BCUT2D eigenvalue weighted by Gasteiger charge is 2.29. The molecule has 3 heterocycles. The van der Waals surface area contributed by atoms with E-state index in [-0.39, 0.29) is 17.7 Å². The Balaban J connectivity index is 1.46. The molecule has 0 radical (unpaired) electrons. The number of carbonyl (C=O) groups excluding carboxylic acids is 2. The van der Waals surface area contributed by atoms with E-state index in [0.717, 1.165) is 34.9 Å². The quantitative estimate of drug-likeness (QED) is 0.658. The van der Waals surface area contributed by atoms with Crippen molar-refractivity contribution in [1.29, 1.82) is 0 Å². The summed E-state index contributed by atoms with van der Waals surface area (Å²) in [4.78, 5) is 28.1. The molecule has 0 bridgehead atoms. The summed E-state index contributed by atoms with van der Waals surface area (Å²) < 4.78 is 3.91. The van der Waals surface area contributed by atoms with Crippen LogP contribution in [0.5, 0.6) is 0 Å². The average molecular weight is 434 g/mol. The zero-order valence-corrected chi connectivity index (χ0v) is 19.3. The number of hydrogen-bond donors (Lipinski definition) is 1. The molecule has 0 atom stereocenters. The number of amides is 2. The van der Waals surface area contributed by atoms with Gasteiger partial charge in [0.25, 0.3) is 5.91 Å². The number of benzene rings is 1. The molecule has 1 fully saturated rings. The second-order valence-corrected chi connectivity index (χ2v) is 8.61. The van der Waals surface area contributed by atoms with E-state index in [4.69, 9.17) is 0 Å². The molecule has 1 N–H and O–H groups in total. The van der Waals surface area contributed by atoms with E-state index < -0.39 is 0 Å². The van der Waals surface area contributed by atoms with Crippen LogP contribution in [0.3, 0.4) is 0 Å². The van der Waals surface area contributed by atoms with Gasteiger partial charge in [-0.1, -0.05) is 11.6 Å². The van der Waals surface area contributed by atoms with Gasteiger partial charge in [0.1, 0.15) is 0 Å². The lowest BCUT2D eigenvalue weighted by Crippen LogP contribution is -2.41. The highest BCUT2D eigenvalue weighted by Crippen LogP contribution is 2.26. The summed E-state index contributed by atoms with van der Waals surface area (Å²) in [6.07, 6.45) is 4.82. The van der Waals surface area contributed by atoms with Crippen LogP contribution in [0.25, 0.3) is 5.69 Å². The number of nitrogens with zero attached hydrogens (tertiary/aromatic N) is 4. The van der Waals surface area contributed by atoms with Crippen LogP contribution in [-0.4, -0.2) is 44.2 Å². The van der Waals surface area contributed by atoms with Gasteiger partial charge in [0.2, 0.25) is 5.91 Å². The van der Waals surface area contributed by atoms with Crippen molar-refractivity contribution in [3.05, 3.63) is 65.2 Å². The molecule has 0 saturated carbocycles. The number of anilines is 1. The van der Waals surface area contributed by atoms with E-state index in [2.05, 4.69) is 41.0 Å². The lowest BCUT2D eigenvalue weighted by Gasteiger charge is -2.32. The van der Waals surface area contributed by atoms with Gasteiger partial charge >= 0.3 is 0 Å². The molecule has 0 spiro atoms. The minimum Gasteiger partial charge on any atom is -0.339 e. The average Bonchev–Trinajstić information content (AvgIpc) is 3.39. The highest BCUT2D eigenvalue weighted by atomic mass is 16.2. The largest absolute Gasteiger partial charge is 0.339 e. The summed E-state index contributed by atoms with van der Waals surface area (Å²) >= 11 is 0. The first-order valence-electron chi connectivity index (χ1n) is 11.3. The number of likely N-dealkylation sites (tertiary alicyclic amines) is 1. The fourth-order valence-corrected chi connectivity index (χ4v) is 4.43. The van der Waals surface area contributed by atoms with Crippen LogP contribution in [-0.2, 0) is 11.3 Å². The number of rotatable bonds is 5. The van der Waals surface area contributed by atoms with Crippen LogP contribution in [0, 0.1) is 26.7 Å². The van der Waals surface area contributed by atoms with Crippen molar-refractivity contribution in [2.24, 2.45) is 5.92 Å². The minimum absolute atomic E-state index is 0.00240. The number of piperidine rings is 1. The number of nitrogens with one attached hydrogen (secondary N) is 1. The molecule has 2 aromatic heterocycles. The van der Waals surface area contributed by atoms with E-state index >= 15 is 0 Å². The number of hydrogen-bond acceptors (Lipinski definition) is 3. The molecule has 2 amide bonds. The van der Waals surface area contributed by atoms with Crippen LogP contribution in [0.1, 0.15) is 47.1 Å². The molecule has 1 aliphatic rings. The lowest BCUT2D eigenvalue weighted by atomic mass is 9.95. The van der Waals surface area contributed by atoms with Gasteiger partial charge in [0.15, 0.2) is 0 Å². The zero-order chi connectivity index (χ0) is 22.8. The third kappa shape index (κ3) is 4.33. The minimum atomic E-state index is -0.102. The van der Waals surface area contributed by atoms with E-state index in [1.54, 1.807) is 10.9 Å². The third-order valence-electron chi connectivity index (χ3n) is 6.27. The fraction of sp³-hybridized carbons (Fsp3) is 0.400. The first kappa shape index (κ1) is 21.9.